The molecular weight excluding hydrogens is 683 g/mol. The maximum absolute atomic E-state index is 14.8. The number of hydrogen-bond donors (Lipinski definition) is 2. The molecule has 1 amide bonds. The van der Waals surface area contributed by atoms with Gasteiger partial charge in [-0.1, -0.05) is 146 Å². The number of rotatable bonds is 10. The minimum Gasteiger partial charge on any atom is -0.338 e. The van der Waals surface area contributed by atoms with Crippen molar-refractivity contribution in [3.63, 3.8) is 0 Å². The molecule has 2 heterocycles. The lowest BCUT2D eigenvalue weighted by Gasteiger charge is -2.37. The molecule has 0 atom stereocenters. The molecule has 258 valence electrons. The van der Waals surface area contributed by atoms with Crippen LogP contribution in [0.2, 0.25) is 5.28 Å². The fourth-order valence-corrected chi connectivity index (χ4v) is 6.96. The van der Waals surface area contributed by atoms with Gasteiger partial charge in [0.1, 0.15) is 5.54 Å². The number of halogens is 2. The Kier molecular flexibility index (Phi) is 9.19. The molecule has 2 N–H and O–H groups in total. The first-order chi connectivity index (χ1) is 26.0. The predicted octanol–water partition coefficient (Wildman–Crippen LogP) is 10.1. The number of anilines is 3. The predicted molar refractivity (Wildman–Crippen MR) is 209 cm³/mol. The van der Waals surface area contributed by atoms with Crippen LogP contribution < -0.4 is 10.6 Å². The van der Waals surface area contributed by atoms with Crippen LogP contribution in [-0.4, -0.2) is 25.7 Å². The summed E-state index contributed by atoms with van der Waals surface area (Å²) in [5.41, 5.74) is 6.23. The summed E-state index contributed by atoms with van der Waals surface area (Å²) in [6, 6.07) is 54.2. The lowest BCUT2D eigenvalue weighted by Crippen LogP contribution is -2.38. The highest BCUT2D eigenvalue weighted by molar-refractivity contribution is 6.28. The van der Waals surface area contributed by atoms with Crippen molar-refractivity contribution in [1.29, 1.82) is 0 Å². The number of fused-ring (bicyclic) bond motifs is 1. The van der Waals surface area contributed by atoms with Gasteiger partial charge in [0.05, 0.1) is 18.1 Å². The van der Waals surface area contributed by atoms with Gasteiger partial charge in [-0.05, 0) is 63.2 Å². The number of nitrogens with zero attached hydrogens (tertiary/aromatic N) is 4. The zero-order valence-electron chi connectivity index (χ0n) is 28.3. The first-order valence-corrected chi connectivity index (χ1v) is 17.5. The average molecular weight is 715 g/mol. The van der Waals surface area contributed by atoms with Gasteiger partial charge in [0.25, 0.3) is 0 Å². The zero-order chi connectivity index (χ0) is 36.2. The maximum Gasteiger partial charge on any atom is 0.230 e. The zero-order valence-corrected chi connectivity index (χ0v) is 29.1. The molecule has 8 aromatic rings. The monoisotopic (exact) mass is 714 g/mol. The van der Waals surface area contributed by atoms with Crippen LogP contribution >= 0.6 is 11.6 Å². The minimum absolute atomic E-state index is 0.0755. The molecule has 0 unspecified atom stereocenters. The Morgan fingerprint density at radius 1 is 0.679 bits per heavy atom. The number of nitrogens with one attached hydrogen (secondary N) is 2. The van der Waals surface area contributed by atoms with Crippen LogP contribution in [0.4, 0.5) is 21.7 Å². The van der Waals surface area contributed by atoms with Crippen LogP contribution in [0.15, 0.2) is 170 Å². The molecule has 6 aromatic carbocycles. The van der Waals surface area contributed by atoms with Crippen molar-refractivity contribution in [1.82, 2.24) is 19.7 Å². The van der Waals surface area contributed by atoms with E-state index < -0.39 is 11.4 Å². The highest BCUT2D eigenvalue weighted by Gasteiger charge is 2.41. The summed E-state index contributed by atoms with van der Waals surface area (Å²) in [6.45, 7) is 0. The molecule has 0 saturated heterocycles. The van der Waals surface area contributed by atoms with Crippen LogP contribution in [0.3, 0.4) is 0 Å². The van der Waals surface area contributed by atoms with Crippen molar-refractivity contribution in [2.24, 2.45) is 0 Å². The fraction of sp³-hybridized carbons (Fsp3) is 0.0455. The summed E-state index contributed by atoms with van der Waals surface area (Å²) in [7, 11) is 0. The van der Waals surface area contributed by atoms with Crippen molar-refractivity contribution in [2.75, 3.05) is 10.6 Å². The van der Waals surface area contributed by atoms with Gasteiger partial charge in [-0.3, -0.25) is 4.79 Å². The van der Waals surface area contributed by atoms with Crippen molar-refractivity contribution in [2.45, 2.75) is 12.0 Å². The maximum atomic E-state index is 14.8. The minimum atomic E-state index is -0.959. The van der Waals surface area contributed by atoms with E-state index in [1.54, 1.807) is 0 Å². The Hall–Kier alpha value is -6.64. The summed E-state index contributed by atoms with van der Waals surface area (Å²) in [5, 5.41) is 11.9. The summed E-state index contributed by atoms with van der Waals surface area (Å²) in [5.74, 6) is -0.620. The summed E-state index contributed by atoms with van der Waals surface area (Å²) < 4.78 is 16.7. The number of aromatic nitrogens is 4. The average Bonchev–Trinajstić information content (AvgIpc) is 3.55. The van der Waals surface area contributed by atoms with Crippen LogP contribution in [0.25, 0.3) is 22.0 Å². The lowest BCUT2D eigenvalue weighted by atomic mass is 9.77. The van der Waals surface area contributed by atoms with Gasteiger partial charge in [0.2, 0.25) is 11.2 Å². The van der Waals surface area contributed by atoms with Gasteiger partial charge in [-0.25, -0.2) is 14.1 Å². The smallest absolute Gasteiger partial charge is 0.230 e. The van der Waals surface area contributed by atoms with Crippen LogP contribution in [0.5, 0.6) is 0 Å². The second-order valence-corrected chi connectivity index (χ2v) is 12.9. The van der Waals surface area contributed by atoms with E-state index in [0.717, 1.165) is 45.1 Å². The quantitative estimate of drug-likeness (QED) is 0.109. The SMILES string of the molecule is O=C(Cc1ccc(-c2ccccc2)cc1)Nc1nn(C(c2ccccc2)(c2ccccc2)c2ccccc2)c2ccc(Nc3nc(Cl)ncc3F)cc12. The van der Waals surface area contributed by atoms with Gasteiger partial charge >= 0.3 is 0 Å². The number of amides is 1. The number of carbonyl (C=O) groups is 1. The topological polar surface area (TPSA) is 84.7 Å². The standard InChI is InChI=1S/C44H32ClFN6O/c45-43-47-29-38(46)42(50-43)48-36-25-26-39-37(28-36)41(49-40(53)27-30-21-23-32(24-22-30)31-13-5-1-6-14-31)51-52(39)44(33-15-7-2-8-16-33,34-17-9-3-10-18-34)35-19-11-4-12-20-35/h1-26,28-29H,27H2,(H,47,48,50)(H,49,51,53). The Labute approximate surface area is 310 Å². The van der Waals surface area contributed by atoms with E-state index in [1.165, 1.54) is 0 Å². The summed E-state index contributed by atoms with van der Waals surface area (Å²) in [4.78, 5) is 21.6. The number of benzene rings is 6. The Morgan fingerprint density at radius 2 is 1.23 bits per heavy atom. The van der Waals surface area contributed by atoms with Gasteiger partial charge < -0.3 is 10.6 Å². The molecule has 0 aliphatic carbocycles. The molecular formula is C44H32ClFN6O. The molecule has 53 heavy (non-hydrogen) atoms. The molecule has 0 spiro atoms. The Morgan fingerprint density at radius 3 is 1.81 bits per heavy atom. The van der Waals surface area contributed by atoms with E-state index in [0.29, 0.717) is 16.9 Å². The van der Waals surface area contributed by atoms with Crippen molar-refractivity contribution >= 4 is 45.7 Å². The third-order valence-corrected chi connectivity index (χ3v) is 9.42. The summed E-state index contributed by atoms with van der Waals surface area (Å²) >= 11 is 6.01. The number of hydrogen-bond acceptors (Lipinski definition) is 5. The van der Waals surface area contributed by atoms with E-state index in [1.807, 2.05) is 120 Å². The highest BCUT2D eigenvalue weighted by atomic mass is 35.5. The molecule has 0 saturated carbocycles. The van der Waals surface area contributed by atoms with E-state index in [-0.39, 0.29) is 23.4 Å². The molecule has 0 aliphatic rings. The van der Waals surface area contributed by atoms with E-state index in [9.17, 15) is 9.18 Å². The second kappa shape index (κ2) is 14.5. The Bertz CT molecular complexity index is 2420. The molecule has 7 nitrogen and oxygen atoms in total. The first-order valence-electron chi connectivity index (χ1n) is 17.1. The van der Waals surface area contributed by atoms with Gasteiger partial charge in [-0.15, -0.1) is 0 Å². The molecule has 0 aliphatic heterocycles. The molecule has 8 rings (SSSR count). The van der Waals surface area contributed by atoms with Gasteiger partial charge in [0.15, 0.2) is 17.5 Å². The molecule has 0 bridgehead atoms. The van der Waals surface area contributed by atoms with E-state index >= 15 is 0 Å². The van der Waals surface area contributed by atoms with Crippen LogP contribution in [0.1, 0.15) is 22.3 Å². The summed E-state index contributed by atoms with van der Waals surface area (Å²) in [6.07, 6.45) is 1.15. The van der Waals surface area contributed by atoms with E-state index in [4.69, 9.17) is 16.7 Å². The largest absolute Gasteiger partial charge is 0.338 e. The van der Waals surface area contributed by atoms with Crippen LogP contribution in [0, 0.1) is 5.82 Å². The van der Waals surface area contributed by atoms with Crippen molar-refractivity contribution in [3.8, 4) is 11.1 Å². The molecule has 0 fully saturated rings. The van der Waals surface area contributed by atoms with Crippen molar-refractivity contribution < 1.29 is 9.18 Å². The van der Waals surface area contributed by atoms with Gasteiger partial charge in [0, 0.05) is 11.1 Å². The Balaban J connectivity index is 1.27. The normalized spacial score (nSPS) is 11.4. The third kappa shape index (κ3) is 6.64. The molecule has 0 radical (unpaired) electrons. The molecule has 2 aromatic heterocycles. The first kappa shape index (κ1) is 33.5. The highest BCUT2D eigenvalue weighted by Crippen LogP contribution is 2.44. The fourth-order valence-electron chi connectivity index (χ4n) is 6.83. The van der Waals surface area contributed by atoms with Gasteiger partial charge in [-0.2, -0.15) is 10.1 Å². The van der Waals surface area contributed by atoms with E-state index in [2.05, 4.69) is 69.1 Å². The number of carbonyl (C=O) groups excluding carboxylic acids is 1. The van der Waals surface area contributed by atoms with Crippen molar-refractivity contribution in [3.05, 3.63) is 203 Å². The lowest BCUT2D eigenvalue weighted by molar-refractivity contribution is -0.115. The van der Waals surface area contributed by atoms with Crippen LogP contribution in [-0.2, 0) is 16.8 Å². The molecule has 9 heteroatoms. The third-order valence-electron chi connectivity index (χ3n) is 9.23. The second-order valence-electron chi connectivity index (χ2n) is 12.5.